The van der Waals surface area contributed by atoms with E-state index in [1.165, 1.54) is 21.6 Å². The minimum atomic E-state index is -3.56. The van der Waals surface area contributed by atoms with E-state index in [9.17, 15) is 18.0 Å². The van der Waals surface area contributed by atoms with E-state index in [0.29, 0.717) is 40.9 Å². The number of hydrogen-bond acceptors (Lipinski definition) is 8. The molecule has 1 saturated heterocycles. The molecule has 1 aromatic carbocycles. The number of sulfonamides is 1. The molecule has 1 atom stereocenters. The zero-order chi connectivity index (χ0) is 26.7. The summed E-state index contributed by atoms with van der Waals surface area (Å²) in [5.74, 6) is -0.556. The summed E-state index contributed by atoms with van der Waals surface area (Å²) in [6.07, 6.45) is 4.55. The molecule has 0 aliphatic carbocycles. The summed E-state index contributed by atoms with van der Waals surface area (Å²) in [6, 6.07) is 13.3. The van der Waals surface area contributed by atoms with Gasteiger partial charge in [0.05, 0.1) is 18.4 Å². The molecule has 2 aliphatic rings. The van der Waals surface area contributed by atoms with Gasteiger partial charge < -0.3 is 9.15 Å². The molecule has 0 bridgehead atoms. The van der Waals surface area contributed by atoms with Gasteiger partial charge in [0.25, 0.3) is 15.9 Å². The van der Waals surface area contributed by atoms with Crippen molar-refractivity contribution in [1.82, 2.24) is 9.31 Å². The number of benzene rings is 1. The van der Waals surface area contributed by atoms with Crippen LogP contribution in [0.5, 0.6) is 0 Å². The largest absolute Gasteiger partial charge is 0.467 e. The fraction of sp³-hybridized carbons (Fsp3) is 0.346. The molecule has 12 heteroatoms. The van der Waals surface area contributed by atoms with E-state index >= 15 is 0 Å². The van der Waals surface area contributed by atoms with Crippen molar-refractivity contribution in [2.45, 2.75) is 42.4 Å². The second-order valence-electron chi connectivity index (χ2n) is 9.05. The van der Waals surface area contributed by atoms with Gasteiger partial charge in [0, 0.05) is 29.4 Å². The number of carbonyl (C=O) groups is 2. The standard InChI is InChI=1S/C26H26ClN3O6S2/c27-19-8-6-18(7-9-19)21-16-22(23-5-4-14-35-23)30(28-21)24(31)17-36-25(32)15-20-10-11-26(37-20)38(33,34)29-12-2-1-3-13-29/h4-11,14,22H,1-3,12-13,15-17H2/t22-/m0/s1. The normalized spacial score (nSPS) is 18.4. The van der Waals surface area contributed by atoms with Gasteiger partial charge >= 0.3 is 5.97 Å². The summed E-state index contributed by atoms with van der Waals surface area (Å²) in [7, 11) is -3.56. The van der Waals surface area contributed by atoms with Crippen LogP contribution in [0.4, 0.5) is 0 Å². The van der Waals surface area contributed by atoms with Gasteiger partial charge in [-0.1, -0.05) is 30.2 Å². The Morgan fingerprint density at radius 2 is 1.84 bits per heavy atom. The third-order valence-corrected chi connectivity index (χ3v) is 10.1. The highest BCUT2D eigenvalue weighted by atomic mass is 35.5. The van der Waals surface area contributed by atoms with Crippen molar-refractivity contribution in [2.24, 2.45) is 5.10 Å². The molecular formula is C26H26ClN3O6S2. The molecule has 0 spiro atoms. The van der Waals surface area contributed by atoms with E-state index in [2.05, 4.69) is 5.10 Å². The van der Waals surface area contributed by atoms with E-state index < -0.39 is 34.5 Å². The van der Waals surface area contributed by atoms with Crippen LogP contribution in [0.1, 0.15) is 47.9 Å². The topological polar surface area (TPSA) is 109 Å². The minimum absolute atomic E-state index is 0.131. The van der Waals surface area contributed by atoms with E-state index in [1.54, 1.807) is 30.3 Å². The second kappa shape index (κ2) is 11.4. The van der Waals surface area contributed by atoms with E-state index in [0.717, 1.165) is 36.2 Å². The zero-order valence-electron chi connectivity index (χ0n) is 20.4. The maximum Gasteiger partial charge on any atom is 0.311 e. The number of carbonyl (C=O) groups excluding carboxylic acids is 2. The third-order valence-electron chi connectivity index (χ3n) is 6.44. The molecule has 2 aliphatic heterocycles. The van der Waals surface area contributed by atoms with Gasteiger partial charge in [0.1, 0.15) is 16.0 Å². The highest BCUT2D eigenvalue weighted by molar-refractivity contribution is 7.91. The molecular weight excluding hydrogens is 550 g/mol. The van der Waals surface area contributed by atoms with Crippen LogP contribution < -0.4 is 0 Å². The van der Waals surface area contributed by atoms with Gasteiger partial charge in [-0.2, -0.15) is 9.41 Å². The minimum Gasteiger partial charge on any atom is -0.467 e. The van der Waals surface area contributed by atoms with Crippen LogP contribution in [0, 0.1) is 0 Å². The Labute approximate surface area is 229 Å². The Hall–Kier alpha value is -2.99. The van der Waals surface area contributed by atoms with Crippen LogP contribution in [0.15, 0.2) is 68.5 Å². The lowest BCUT2D eigenvalue weighted by atomic mass is 10.0. The number of hydrogen-bond donors (Lipinski definition) is 0. The lowest BCUT2D eigenvalue weighted by Crippen LogP contribution is -2.35. The third kappa shape index (κ3) is 5.85. The van der Waals surface area contributed by atoms with Crippen molar-refractivity contribution in [3.63, 3.8) is 0 Å². The highest BCUT2D eigenvalue weighted by Crippen LogP contribution is 2.33. The average molecular weight is 576 g/mol. The molecule has 1 fully saturated rings. The van der Waals surface area contributed by atoms with Crippen LogP contribution >= 0.6 is 22.9 Å². The molecule has 9 nitrogen and oxygen atoms in total. The molecule has 5 rings (SSSR count). The quantitative estimate of drug-likeness (QED) is 0.362. The number of piperidine rings is 1. The maximum absolute atomic E-state index is 13.0. The van der Waals surface area contributed by atoms with Gasteiger partial charge in [0.15, 0.2) is 6.61 Å². The average Bonchev–Trinajstić information content (AvgIpc) is 3.69. The van der Waals surface area contributed by atoms with Crippen LogP contribution in [0.2, 0.25) is 5.02 Å². The van der Waals surface area contributed by atoms with Gasteiger partial charge in [-0.25, -0.2) is 13.4 Å². The zero-order valence-corrected chi connectivity index (χ0v) is 22.8. The first kappa shape index (κ1) is 26.6. The molecule has 0 radical (unpaired) electrons. The van der Waals surface area contributed by atoms with Crippen LogP contribution in [0.25, 0.3) is 0 Å². The maximum atomic E-state index is 13.0. The summed E-state index contributed by atoms with van der Waals surface area (Å²) in [5.41, 5.74) is 1.51. The number of hydrazone groups is 1. The lowest BCUT2D eigenvalue weighted by Gasteiger charge is -2.25. The predicted molar refractivity (Wildman–Crippen MR) is 142 cm³/mol. The summed E-state index contributed by atoms with van der Waals surface area (Å²) < 4.78 is 38.2. The fourth-order valence-electron chi connectivity index (χ4n) is 4.49. The molecule has 4 heterocycles. The van der Waals surface area contributed by atoms with Crippen molar-refractivity contribution >= 4 is 50.5 Å². The Morgan fingerprint density at radius 3 is 2.55 bits per heavy atom. The summed E-state index contributed by atoms with van der Waals surface area (Å²) in [4.78, 5) is 26.1. The smallest absolute Gasteiger partial charge is 0.311 e. The molecule has 3 aromatic rings. The van der Waals surface area contributed by atoms with Crippen LogP contribution in [0.3, 0.4) is 0 Å². The Morgan fingerprint density at radius 1 is 1.08 bits per heavy atom. The Kier molecular flexibility index (Phi) is 7.98. The molecule has 0 N–H and O–H groups in total. The predicted octanol–water partition coefficient (Wildman–Crippen LogP) is 4.63. The lowest BCUT2D eigenvalue weighted by molar-refractivity contribution is -0.152. The number of amides is 1. The number of rotatable bonds is 8. The number of furan rings is 1. The summed E-state index contributed by atoms with van der Waals surface area (Å²) >= 11 is 7.05. The van der Waals surface area contributed by atoms with Crippen molar-refractivity contribution in [2.75, 3.05) is 19.7 Å². The van der Waals surface area contributed by atoms with E-state index in [4.69, 9.17) is 20.8 Å². The van der Waals surface area contributed by atoms with Gasteiger partial charge in [-0.3, -0.25) is 9.59 Å². The van der Waals surface area contributed by atoms with Crippen molar-refractivity contribution in [1.29, 1.82) is 0 Å². The monoisotopic (exact) mass is 575 g/mol. The van der Waals surface area contributed by atoms with Gasteiger partial charge in [0.2, 0.25) is 0 Å². The van der Waals surface area contributed by atoms with Crippen molar-refractivity contribution < 1.29 is 27.2 Å². The number of thiophene rings is 1. The van der Waals surface area contributed by atoms with Gasteiger partial charge in [-0.05, 0) is 54.8 Å². The fourth-order valence-corrected chi connectivity index (χ4v) is 7.62. The van der Waals surface area contributed by atoms with Crippen LogP contribution in [-0.4, -0.2) is 55.0 Å². The number of esters is 1. The molecule has 200 valence electrons. The SMILES string of the molecule is O=C(Cc1ccc(S(=O)(=O)N2CCCCC2)s1)OCC(=O)N1N=C(c2ccc(Cl)cc2)C[C@H]1c1ccco1. The number of halogens is 1. The van der Waals surface area contributed by atoms with E-state index in [1.807, 2.05) is 12.1 Å². The molecule has 0 unspecified atom stereocenters. The second-order valence-corrected chi connectivity index (χ2v) is 12.8. The molecule has 1 amide bonds. The Bertz CT molecular complexity index is 1430. The highest BCUT2D eigenvalue weighted by Gasteiger charge is 2.35. The molecule has 38 heavy (non-hydrogen) atoms. The Balaban J connectivity index is 1.22. The number of nitrogens with zero attached hydrogens (tertiary/aromatic N) is 3. The van der Waals surface area contributed by atoms with Crippen molar-refractivity contribution in [3.05, 3.63) is 76.0 Å². The molecule has 0 saturated carbocycles. The first-order valence-corrected chi connectivity index (χ1v) is 14.9. The van der Waals surface area contributed by atoms with Crippen molar-refractivity contribution in [3.8, 4) is 0 Å². The first-order valence-electron chi connectivity index (χ1n) is 12.2. The van der Waals surface area contributed by atoms with Gasteiger partial charge in [-0.15, -0.1) is 11.3 Å². The molecule has 2 aromatic heterocycles. The van der Waals surface area contributed by atoms with E-state index in [-0.39, 0.29) is 10.6 Å². The number of ether oxygens (including phenoxy) is 1. The first-order chi connectivity index (χ1) is 18.3. The summed E-state index contributed by atoms with van der Waals surface area (Å²) in [6.45, 7) is 0.520. The van der Waals surface area contributed by atoms with Crippen LogP contribution in [-0.2, 0) is 30.8 Å². The summed E-state index contributed by atoms with van der Waals surface area (Å²) in [5, 5.41) is 6.38.